The van der Waals surface area contributed by atoms with Crippen LogP contribution >= 0.6 is 22.7 Å². The van der Waals surface area contributed by atoms with Gasteiger partial charge >= 0.3 is 0 Å². The molecule has 162 valence electrons. The zero-order valence-corrected chi connectivity index (χ0v) is 19.1. The number of anilines is 3. The van der Waals surface area contributed by atoms with Gasteiger partial charge in [-0.2, -0.15) is 0 Å². The van der Waals surface area contributed by atoms with Crippen molar-refractivity contribution in [2.75, 3.05) is 17.2 Å². The number of thiazole rings is 2. The molecule has 1 aliphatic heterocycles. The van der Waals surface area contributed by atoms with Gasteiger partial charge in [-0.25, -0.2) is 9.97 Å². The molecule has 3 heterocycles. The van der Waals surface area contributed by atoms with Crippen LogP contribution in [0.3, 0.4) is 0 Å². The van der Waals surface area contributed by atoms with E-state index in [-0.39, 0.29) is 17.8 Å². The molecule has 2 N–H and O–H groups in total. The second-order valence-electron chi connectivity index (χ2n) is 7.47. The quantitative estimate of drug-likeness (QED) is 0.461. The molecule has 0 bridgehead atoms. The van der Waals surface area contributed by atoms with Crippen LogP contribution in [0.1, 0.15) is 48.7 Å². The molecule has 0 radical (unpaired) electrons. The monoisotopic (exact) mass is 456 g/mol. The molecule has 9 heteroatoms. The minimum atomic E-state index is -0.0711. The molecule has 4 rings (SSSR count). The van der Waals surface area contributed by atoms with Crippen LogP contribution in [0.4, 0.5) is 16.0 Å². The minimum absolute atomic E-state index is 0.00274. The zero-order chi connectivity index (χ0) is 21.8. The van der Waals surface area contributed by atoms with Gasteiger partial charge in [-0.1, -0.05) is 23.5 Å². The molecule has 31 heavy (non-hydrogen) atoms. The van der Waals surface area contributed by atoms with Gasteiger partial charge in [-0.05, 0) is 45.2 Å². The Morgan fingerprint density at radius 2 is 2.10 bits per heavy atom. The van der Waals surface area contributed by atoms with Crippen LogP contribution < -0.4 is 10.6 Å². The van der Waals surface area contributed by atoms with E-state index in [1.165, 1.54) is 22.7 Å². The molecule has 0 saturated carbocycles. The number of benzene rings is 1. The van der Waals surface area contributed by atoms with E-state index in [1.54, 1.807) is 13.0 Å². The first-order valence-electron chi connectivity index (χ1n) is 10.2. The third-order valence-corrected chi connectivity index (χ3v) is 6.84. The molecule has 7 nitrogen and oxygen atoms in total. The summed E-state index contributed by atoms with van der Waals surface area (Å²) in [6.45, 7) is 4.19. The fourth-order valence-corrected chi connectivity index (χ4v) is 5.15. The maximum Gasteiger partial charge on any atom is 0.228 e. The van der Waals surface area contributed by atoms with Crippen LogP contribution in [-0.2, 0) is 9.53 Å². The fraction of sp³-hybridized carbons (Fsp3) is 0.364. The van der Waals surface area contributed by atoms with Crippen LogP contribution in [-0.4, -0.2) is 34.4 Å². The molecule has 1 fully saturated rings. The van der Waals surface area contributed by atoms with Crippen molar-refractivity contribution in [2.24, 2.45) is 0 Å². The van der Waals surface area contributed by atoms with Crippen molar-refractivity contribution in [1.29, 1.82) is 0 Å². The minimum Gasteiger partial charge on any atom is -0.378 e. The maximum atomic E-state index is 12.3. The highest BCUT2D eigenvalue weighted by Crippen LogP contribution is 2.35. The first-order chi connectivity index (χ1) is 15.0. The third kappa shape index (κ3) is 5.55. The van der Waals surface area contributed by atoms with Crippen LogP contribution in [0.25, 0.3) is 10.6 Å². The first-order valence-corrected chi connectivity index (χ1v) is 11.9. The number of ketones is 1. The number of ether oxygens (including phenoxy) is 1. The van der Waals surface area contributed by atoms with Gasteiger partial charge in [-0.3, -0.25) is 9.59 Å². The van der Waals surface area contributed by atoms with Gasteiger partial charge in [0.05, 0.1) is 28.8 Å². The number of Topliss-reactive ketones (excluding diaryl/α,β-unsaturated/α-hetero) is 1. The molecule has 0 unspecified atom stereocenters. The highest BCUT2D eigenvalue weighted by molar-refractivity contribution is 7.20. The standard InChI is InChI=1S/C22H24N4O3S2/c1-13-20(31-22(23-13)26-19(28)11-17-8-3-4-9-29-17)18-12-30-21(25-18)24-16-7-5-6-15(10-16)14(2)27/h5-7,10,12,17H,3-4,8-9,11H2,1-2H3,(H,24,25)(H,23,26,28)/t17-/m0/s1. The van der Waals surface area contributed by atoms with Gasteiger partial charge in [0.2, 0.25) is 5.91 Å². The van der Waals surface area contributed by atoms with Gasteiger partial charge in [0.15, 0.2) is 16.0 Å². The van der Waals surface area contributed by atoms with Crippen molar-refractivity contribution in [3.63, 3.8) is 0 Å². The normalized spacial score (nSPS) is 16.1. The lowest BCUT2D eigenvalue weighted by Crippen LogP contribution is -2.25. The summed E-state index contributed by atoms with van der Waals surface area (Å²) in [6.07, 6.45) is 3.47. The van der Waals surface area contributed by atoms with Gasteiger partial charge in [-0.15, -0.1) is 11.3 Å². The fourth-order valence-electron chi connectivity index (χ4n) is 3.41. The molecule has 0 spiro atoms. The Morgan fingerprint density at radius 3 is 2.87 bits per heavy atom. The molecular formula is C22H24N4O3S2. The predicted molar refractivity (Wildman–Crippen MR) is 125 cm³/mol. The highest BCUT2D eigenvalue weighted by atomic mass is 32.1. The molecule has 1 amide bonds. The zero-order valence-electron chi connectivity index (χ0n) is 17.4. The number of aromatic nitrogens is 2. The van der Waals surface area contributed by atoms with Crippen LogP contribution in [0, 0.1) is 6.92 Å². The summed E-state index contributed by atoms with van der Waals surface area (Å²) in [7, 11) is 0. The van der Waals surface area contributed by atoms with Crippen molar-refractivity contribution in [1.82, 2.24) is 9.97 Å². The average molecular weight is 457 g/mol. The third-order valence-electron chi connectivity index (χ3n) is 4.99. The van der Waals surface area contributed by atoms with Gasteiger partial charge < -0.3 is 15.4 Å². The Hall–Kier alpha value is -2.62. The molecular weight excluding hydrogens is 432 g/mol. The molecule has 1 atom stereocenters. The highest BCUT2D eigenvalue weighted by Gasteiger charge is 2.20. The lowest BCUT2D eigenvalue weighted by Gasteiger charge is -2.21. The topological polar surface area (TPSA) is 93.2 Å². The first kappa shape index (κ1) is 21.6. The van der Waals surface area contributed by atoms with Crippen LogP contribution in [0.2, 0.25) is 0 Å². The predicted octanol–water partition coefficient (Wildman–Crippen LogP) is 5.42. The van der Waals surface area contributed by atoms with E-state index in [1.807, 2.05) is 30.5 Å². The second-order valence-corrected chi connectivity index (χ2v) is 9.33. The molecule has 3 aromatic rings. The van der Waals surface area contributed by atoms with E-state index >= 15 is 0 Å². The van der Waals surface area contributed by atoms with E-state index in [4.69, 9.17) is 4.74 Å². The molecule has 1 aromatic carbocycles. The maximum absolute atomic E-state index is 12.3. The Bertz CT molecular complexity index is 1090. The Balaban J connectivity index is 1.42. The smallest absolute Gasteiger partial charge is 0.228 e. The van der Waals surface area contributed by atoms with Crippen LogP contribution in [0.15, 0.2) is 29.6 Å². The largest absolute Gasteiger partial charge is 0.378 e. The van der Waals surface area contributed by atoms with Crippen molar-refractivity contribution >= 4 is 50.3 Å². The summed E-state index contributed by atoms with van der Waals surface area (Å²) in [6, 6.07) is 7.34. The van der Waals surface area contributed by atoms with Gasteiger partial charge in [0.1, 0.15) is 0 Å². The Kier molecular flexibility index (Phi) is 6.74. The summed E-state index contributed by atoms with van der Waals surface area (Å²) in [5.41, 5.74) is 3.09. The number of nitrogens with one attached hydrogen (secondary N) is 2. The number of hydrogen-bond acceptors (Lipinski definition) is 8. The second kappa shape index (κ2) is 9.67. The van der Waals surface area contributed by atoms with Gasteiger partial charge in [0, 0.05) is 23.2 Å². The molecule has 0 aliphatic carbocycles. The summed E-state index contributed by atoms with van der Waals surface area (Å²) >= 11 is 2.89. The molecule has 1 saturated heterocycles. The van der Waals surface area contributed by atoms with E-state index in [2.05, 4.69) is 20.6 Å². The number of aryl methyl sites for hydroxylation is 1. The van der Waals surface area contributed by atoms with E-state index < -0.39 is 0 Å². The lowest BCUT2D eigenvalue weighted by atomic mass is 10.1. The molecule has 1 aliphatic rings. The van der Waals surface area contributed by atoms with Gasteiger partial charge in [0.25, 0.3) is 0 Å². The SMILES string of the molecule is CC(=O)c1cccc(Nc2nc(-c3sc(NC(=O)C[C@@H]4CCCCO4)nc3C)cs2)c1. The summed E-state index contributed by atoms with van der Waals surface area (Å²) in [5.74, 6) is -0.0495. The van der Waals surface area contributed by atoms with E-state index in [0.29, 0.717) is 17.1 Å². The summed E-state index contributed by atoms with van der Waals surface area (Å²) in [4.78, 5) is 34.0. The molecule has 2 aromatic heterocycles. The summed E-state index contributed by atoms with van der Waals surface area (Å²) in [5, 5.41) is 9.41. The average Bonchev–Trinajstić information content (AvgIpc) is 3.35. The number of nitrogens with zero attached hydrogens (tertiary/aromatic N) is 2. The number of carbonyl (C=O) groups excluding carboxylic acids is 2. The Morgan fingerprint density at radius 1 is 1.23 bits per heavy atom. The van der Waals surface area contributed by atoms with Crippen molar-refractivity contribution < 1.29 is 14.3 Å². The van der Waals surface area contributed by atoms with Crippen molar-refractivity contribution in [3.8, 4) is 10.6 Å². The van der Waals surface area contributed by atoms with E-state index in [9.17, 15) is 9.59 Å². The van der Waals surface area contributed by atoms with E-state index in [0.717, 1.165) is 53.0 Å². The lowest BCUT2D eigenvalue weighted by molar-refractivity contribution is -0.119. The number of rotatable bonds is 7. The van der Waals surface area contributed by atoms with Crippen LogP contribution in [0.5, 0.6) is 0 Å². The van der Waals surface area contributed by atoms with Crippen molar-refractivity contribution in [3.05, 3.63) is 40.9 Å². The Labute approximate surface area is 188 Å². The number of carbonyl (C=O) groups is 2. The van der Waals surface area contributed by atoms with Crippen molar-refractivity contribution in [2.45, 2.75) is 45.6 Å². The summed E-state index contributed by atoms with van der Waals surface area (Å²) < 4.78 is 5.64. The number of hydrogen-bond donors (Lipinski definition) is 2. The number of amides is 1.